The Morgan fingerprint density at radius 2 is 1.77 bits per heavy atom. The third kappa shape index (κ3) is 9.45. The second-order valence-corrected chi connectivity index (χ2v) is 8.62. The molecule has 0 saturated heterocycles. The number of rotatable bonds is 10. The van der Waals surface area contributed by atoms with Crippen molar-refractivity contribution in [2.24, 2.45) is 17.8 Å². The van der Waals surface area contributed by atoms with Crippen molar-refractivity contribution < 1.29 is 19.4 Å². The molecule has 3 rings (SSSR count). The van der Waals surface area contributed by atoms with Gasteiger partial charge in [0.1, 0.15) is 12.4 Å². The maximum absolute atomic E-state index is 10.6. The van der Waals surface area contributed by atoms with Crippen molar-refractivity contribution in [2.75, 3.05) is 6.61 Å². The van der Waals surface area contributed by atoms with E-state index in [1.54, 1.807) is 0 Å². The van der Waals surface area contributed by atoms with E-state index >= 15 is 0 Å². The molecule has 0 unspecified atom stereocenters. The fourth-order valence-electron chi connectivity index (χ4n) is 5.18. The molecule has 4 heteroatoms. The molecule has 31 heavy (non-hydrogen) atoms. The van der Waals surface area contributed by atoms with Gasteiger partial charge in [-0.3, -0.25) is 9.59 Å². The first-order valence-corrected chi connectivity index (χ1v) is 12.4. The van der Waals surface area contributed by atoms with Gasteiger partial charge in [-0.2, -0.15) is 0 Å². The van der Waals surface area contributed by atoms with E-state index in [9.17, 15) is 4.79 Å². The van der Waals surface area contributed by atoms with E-state index in [0.717, 1.165) is 43.1 Å². The lowest BCUT2D eigenvalue weighted by atomic mass is 9.73. The molecule has 1 fully saturated rings. The summed E-state index contributed by atoms with van der Waals surface area (Å²) in [6, 6.07) is 6.40. The van der Waals surface area contributed by atoms with Crippen LogP contribution in [0.15, 0.2) is 18.2 Å². The highest BCUT2D eigenvalue weighted by atomic mass is 16.5. The lowest BCUT2D eigenvalue weighted by Gasteiger charge is -2.32. The van der Waals surface area contributed by atoms with Crippen LogP contribution in [0.3, 0.4) is 0 Å². The molecule has 0 heterocycles. The van der Waals surface area contributed by atoms with Gasteiger partial charge in [0.25, 0.3) is 5.97 Å². The van der Waals surface area contributed by atoms with Gasteiger partial charge >= 0.3 is 0 Å². The molecule has 0 amide bonds. The monoisotopic (exact) mass is 432 g/mol. The molecule has 0 radical (unpaired) electrons. The average molecular weight is 433 g/mol. The van der Waals surface area contributed by atoms with Crippen molar-refractivity contribution in [3.05, 3.63) is 29.3 Å². The molecule has 1 saturated carbocycles. The second kappa shape index (κ2) is 15.9. The fraction of sp³-hybridized carbons (Fsp3) is 0.704. The standard InChI is InChI=1S/C23H34O2.C2H4O2.C2H6/c1-2-3-4-5-6-7-9-18-12-13-20-17-22-19(16-21(18)20)10-8-11-23(22)25-15-14-24;1-2(3)4;1-2/h8,10-11,14,18,20-21H,2-7,9,12-13,15-17H2,1H3;1H3,(H,3,4);1-2H3/t18-,20+,21+;;/m0../s1. The van der Waals surface area contributed by atoms with Crippen LogP contribution in [0, 0.1) is 17.8 Å². The molecular weight excluding hydrogens is 388 g/mol. The van der Waals surface area contributed by atoms with Crippen LogP contribution in [-0.2, 0) is 22.4 Å². The second-order valence-electron chi connectivity index (χ2n) is 8.62. The van der Waals surface area contributed by atoms with Crippen LogP contribution in [0.4, 0.5) is 0 Å². The maximum Gasteiger partial charge on any atom is 0.300 e. The van der Waals surface area contributed by atoms with Crippen LogP contribution in [0.1, 0.15) is 96.6 Å². The summed E-state index contributed by atoms with van der Waals surface area (Å²) in [7, 11) is 0. The zero-order chi connectivity index (χ0) is 23.1. The Balaban J connectivity index is 0.000000720. The molecule has 4 nitrogen and oxygen atoms in total. The van der Waals surface area contributed by atoms with Crippen molar-refractivity contribution in [3.63, 3.8) is 0 Å². The molecule has 1 N–H and O–H groups in total. The summed E-state index contributed by atoms with van der Waals surface area (Å²) in [6.07, 6.45) is 15.9. The van der Waals surface area contributed by atoms with Crippen molar-refractivity contribution in [1.29, 1.82) is 0 Å². The van der Waals surface area contributed by atoms with Gasteiger partial charge in [-0.05, 0) is 60.6 Å². The quantitative estimate of drug-likeness (QED) is 0.323. The number of carboxylic acid groups (broad SMARTS) is 1. The van der Waals surface area contributed by atoms with Gasteiger partial charge in [0.05, 0.1) is 0 Å². The van der Waals surface area contributed by atoms with Crippen LogP contribution in [0.5, 0.6) is 5.75 Å². The summed E-state index contributed by atoms with van der Waals surface area (Å²) in [5.74, 6) is 2.76. The zero-order valence-corrected chi connectivity index (χ0v) is 20.2. The third-order valence-corrected chi connectivity index (χ3v) is 6.51. The lowest BCUT2D eigenvalue weighted by Crippen LogP contribution is -2.25. The molecule has 0 bridgehead atoms. The van der Waals surface area contributed by atoms with Crippen LogP contribution in [0.25, 0.3) is 0 Å². The topological polar surface area (TPSA) is 63.6 Å². The van der Waals surface area contributed by atoms with Gasteiger partial charge < -0.3 is 9.84 Å². The van der Waals surface area contributed by atoms with E-state index in [-0.39, 0.29) is 6.61 Å². The number of aldehydes is 1. The van der Waals surface area contributed by atoms with Gasteiger partial charge in [0, 0.05) is 6.92 Å². The predicted octanol–water partition coefficient (Wildman–Crippen LogP) is 6.87. The number of aliphatic carboxylic acids is 1. The molecule has 2 aliphatic rings. The molecule has 3 atom stereocenters. The van der Waals surface area contributed by atoms with E-state index < -0.39 is 5.97 Å². The van der Waals surface area contributed by atoms with E-state index in [4.69, 9.17) is 14.6 Å². The van der Waals surface area contributed by atoms with E-state index in [0.29, 0.717) is 0 Å². The van der Waals surface area contributed by atoms with Crippen LogP contribution >= 0.6 is 0 Å². The minimum Gasteiger partial charge on any atom is -0.486 e. The zero-order valence-electron chi connectivity index (χ0n) is 20.2. The van der Waals surface area contributed by atoms with Crippen molar-refractivity contribution in [2.45, 2.75) is 98.3 Å². The van der Waals surface area contributed by atoms with Crippen molar-refractivity contribution >= 4 is 12.3 Å². The molecule has 1 aromatic carbocycles. The Morgan fingerprint density at radius 1 is 1.10 bits per heavy atom. The van der Waals surface area contributed by atoms with Crippen LogP contribution in [-0.4, -0.2) is 24.0 Å². The SMILES string of the molecule is CC.CC(=O)O.CCCCCCCC[C@H]1CC[C@@H]2Cc3c(cccc3OCC=O)C[C@H]12. The first-order valence-electron chi connectivity index (χ1n) is 12.4. The highest BCUT2D eigenvalue weighted by molar-refractivity contribution is 5.63. The van der Waals surface area contributed by atoms with Crippen LogP contribution < -0.4 is 4.74 Å². The third-order valence-electron chi connectivity index (χ3n) is 6.51. The van der Waals surface area contributed by atoms with Gasteiger partial charge in [-0.1, -0.05) is 77.8 Å². The highest BCUT2D eigenvalue weighted by Crippen LogP contribution is 2.48. The highest BCUT2D eigenvalue weighted by Gasteiger charge is 2.39. The van der Waals surface area contributed by atoms with Crippen LogP contribution in [0.2, 0.25) is 0 Å². The number of benzene rings is 1. The first-order chi connectivity index (χ1) is 15.1. The van der Waals surface area contributed by atoms with E-state index in [1.165, 1.54) is 75.3 Å². The number of fused-ring (bicyclic) bond motifs is 2. The van der Waals surface area contributed by atoms with Gasteiger partial charge in [-0.25, -0.2) is 0 Å². The van der Waals surface area contributed by atoms with E-state index in [1.807, 2.05) is 19.9 Å². The number of hydrogen-bond acceptors (Lipinski definition) is 3. The Morgan fingerprint density at radius 3 is 2.45 bits per heavy atom. The fourth-order valence-corrected chi connectivity index (χ4v) is 5.18. The minimum absolute atomic E-state index is 0.172. The first kappa shape index (κ1) is 27.2. The van der Waals surface area contributed by atoms with Crippen molar-refractivity contribution in [1.82, 2.24) is 0 Å². The van der Waals surface area contributed by atoms with Gasteiger partial charge in [-0.15, -0.1) is 0 Å². The Bertz CT molecular complexity index is 636. The molecule has 176 valence electrons. The number of carboxylic acids is 1. The van der Waals surface area contributed by atoms with Gasteiger partial charge in [0.2, 0.25) is 0 Å². The number of carbonyl (C=O) groups excluding carboxylic acids is 1. The summed E-state index contributed by atoms with van der Waals surface area (Å²) >= 11 is 0. The summed E-state index contributed by atoms with van der Waals surface area (Å²) in [6.45, 7) is 7.54. The minimum atomic E-state index is -0.833. The Hall–Kier alpha value is -1.84. The normalized spacial score (nSPS) is 20.8. The van der Waals surface area contributed by atoms with Crippen molar-refractivity contribution in [3.8, 4) is 5.75 Å². The summed E-state index contributed by atoms with van der Waals surface area (Å²) < 4.78 is 5.67. The molecule has 0 aromatic heterocycles. The number of unbranched alkanes of at least 4 members (excludes halogenated alkanes) is 5. The molecule has 2 aliphatic carbocycles. The molecule has 0 aliphatic heterocycles. The number of hydrogen-bond donors (Lipinski definition) is 1. The summed E-state index contributed by atoms with van der Waals surface area (Å²) in [5.41, 5.74) is 2.85. The average Bonchev–Trinajstić information content (AvgIpc) is 3.16. The number of ether oxygens (including phenoxy) is 1. The van der Waals surface area contributed by atoms with Gasteiger partial charge in [0.15, 0.2) is 6.29 Å². The van der Waals surface area contributed by atoms with E-state index in [2.05, 4.69) is 19.1 Å². The Kier molecular flexibility index (Phi) is 13.9. The summed E-state index contributed by atoms with van der Waals surface area (Å²) in [4.78, 5) is 19.6. The molecular formula is C27H44O4. The Labute approximate surface area is 189 Å². The summed E-state index contributed by atoms with van der Waals surface area (Å²) in [5, 5.41) is 7.42. The maximum atomic E-state index is 10.6. The predicted molar refractivity (Wildman–Crippen MR) is 128 cm³/mol. The molecule has 0 spiro atoms. The molecule has 1 aromatic rings. The largest absolute Gasteiger partial charge is 0.486 e. The number of carbonyl (C=O) groups is 2. The smallest absolute Gasteiger partial charge is 0.300 e. The lowest BCUT2D eigenvalue weighted by molar-refractivity contribution is -0.134.